The molecule has 25 heavy (non-hydrogen) atoms. The van der Waals surface area contributed by atoms with Crippen molar-refractivity contribution in [3.05, 3.63) is 52.3 Å². The van der Waals surface area contributed by atoms with E-state index in [-0.39, 0.29) is 16.3 Å². The maximum absolute atomic E-state index is 13.7. The number of aryl methyl sites for hydroxylation is 2. The first-order chi connectivity index (χ1) is 11.5. The number of benzene rings is 2. The molecule has 0 bridgehead atoms. The summed E-state index contributed by atoms with van der Waals surface area (Å²) >= 11 is 0. The summed E-state index contributed by atoms with van der Waals surface area (Å²) in [6.07, 6.45) is 0. The molecule has 1 amide bonds. The van der Waals surface area contributed by atoms with E-state index >= 15 is 0 Å². The van der Waals surface area contributed by atoms with E-state index < -0.39 is 21.7 Å². The van der Waals surface area contributed by atoms with Crippen LogP contribution in [0.2, 0.25) is 0 Å². The molecule has 0 aliphatic heterocycles. The SMILES string of the molecule is CC(=O)Nc1cc(NS(=O)(=O)c2c(C)c(C)cc(C)c2C)ccc1F. The van der Waals surface area contributed by atoms with Crippen LogP contribution >= 0.6 is 0 Å². The van der Waals surface area contributed by atoms with E-state index in [1.165, 1.54) is 19.1 Å². The number of amides is 1. The Kier molecular flexibility index (Phi) is 5.17. The number of anilines is 2. The molecule has 0 atom stereocenters. The van der Waals surface area contributed by atoms with Crippen LogP contribution < -0.4 is 10.0 Å². The van der Waals surface area contributed by atoms with Crippen molar-refractivity contribution in [3.8, 4) is 0 Å². The van der Waals surface area contributed by atoms with Crippen molar-refractivity contribution >= 4 is 27.3 Å². The molecule has 0 spiro atoms. The first kappa shape index (κ1) is 18.9. The summed E-state index contributed by atoms with van der Waals surface area (Å²) in [5.41, 5.74) is 3.17. The van der Waals surface area contributed by atoms with Crippen LogP contribution in [0.3, 0.4) is 0 Å². The molecule has 0 unspecified atom stereocenters. The number of carbonyl (C=O) groups is 1. The minimum Gasteiger partial charge on any atom is -0.324 e. The molecule has 7 heteroatoms. The molecule has 134 valence electrons. The highest BCUT2D eigenvalue weighted by atomic mass is 32.2. The molecular weight excluding hydrogens is 343 g/mol. The van der Waals surface area contributed by atoms with Gasteiger partial charge in [-0.3, -0.25) is 9.52 Å². The average Bonchev–Trinajstić information content (AvgIpc) is 2.48. The normalized spacial score (nSPS) is 11.3. The van der Waals surface area contributed by atoms with Gasteiger partial charge in [0.2, 0.25) is 5.91 Å². The fourth-order valence-electron chi connectivity index (χ4n) is 2.66. The molecule has 0 fully saturated rings. The van der Waals surface area contributed by atoms with Crippen LogP contribution in [0.5, 0.6) is 0 Å². The van der Waals surface area contributed by atoms with Gasteiger partial charge in [0.1, 0.15) is 5.82 Å². The second-order valence-corrected chi connectivity index (χ2v) is 7.69. The molecule has 2 rings (SSSR count). The Labute approximate surface area is 147 Å². The maximum atomic E-state index is 13.7. The average molecular weight is 364 g/mol. The Bertz CT molecular complexity index is 927. The van der Waals surface area contributed by atoms with E-state index in [1.807, 2.05) is 19.9 Å². The van der Waals surface area contributed by atoms with Crippen LogP contribution in [0.1, 0.15) is 29.2 Å². The Morgan fingerprint density at radius 3 is 2.08 bits per heavy atom. The zero-order chi connectivity index (χ0) is 18.9. The fraction of sp³-hybridized carbons (Fsp3) is 0.278. The summed E-state index contributed by atoms with van der Waals surface area (Å²) < 4.78 is 41.9. The third-order valence-corrected chi connectivity index (χ3v) is 5.75. The molecule has 0 saturated carbocycles. The highest BCUT2D eigenvalue weighted by Crippen LogP contribution is 2.29. The van der Waals surface area contributed by atoms with Gasteiger partial charge in [-0.2, -0.15) is 0 Å². The van der Waals surface area contributed by atoms with Gasteiger partial charge in [0.05, 0.1) is 16.3 Å². The van der Waals surface area contributed by atoms with Crippen LogP contribution in [0.25, 0.3) is 0 Å². The van der Waals surface area contributed by atoms with Gasteiger partial charge >= 0.3 is 0 Å². The minimum atomic E-state index is -3.86. The van der Waals surface area contributed by atoms with Gasteiger partial charge < -0.3 is 5.32 Å². The van der Waals surface area contributed by atoms with Crippen molar-refractivity contribution in [3.63, 3.8) is 0 Å². The lowest BCUT2D eigenvalue weighted by Crippen LogP contribution is -2.17. The number of nitrogens with one attached hydrogen (secondary N) is 2. The molecule has 0 aliphatic carbocycles. The number of sulfonamides is 1. The number of carbonyl (C=O) groups excluding carboxylic acids is 1. The lowest BCUT2D eigenvalue weighted by atomic mass is 10.0. The van der Waals surface area contributed by atoms with Gasteiger partial charge in [-0.1, -0.05) is 6.07 Å². The Morgan fingerprint density at radius 1 is 1.00 bits per heavy atom. The van der Waals surface area contributed by atoms with Crippen LogP contribution in [-0.2, 0) is 14.8 Å². The van der Waals surface area contributed by atoms with Gasteiger partial charge in [-0.15, -0.1) is 0 Å². The number of halogens is 1. The largest absolute Gasteiger partial charge is 0.324 e. The van der Waals surface area contributed by atoms with Crippen molar-refractivity contribution in [2.45, 2.75) is 39.5 Å². The van der Waals surface area contributed by atoms with Gasteiger partial charge in [-0.25, -0.2) is 12.8 Å². The van der Waals surface area contributed by atoms with Crippen molar-refractivity contribution in [1.29, 1.82) is 0 Å². The van der Waals surface area contributed by atoms with E-state index in [0.717, 1.165) is 17.2 Å². The lowest BCUT2D eigenvalue weighted by molar-refractivity contribution is -0.114. The van der Waals surface area contributed by atoms with Crippen molar-refractivity contribution < 1.29 is 17.6 Å². The highest BCUT2D eigenvalue weighted by Gasteiger charge is 2.22. The van der Waals surface area contributed by atoms with Crippen molar-refractivity contribution in [2.75, 3.05) is 10.0 Å². The Morgan fingerprint density at radius 2 is 1.56 bits per heavy atom. The number of hydrogen-bond acceptors (Lipinski definition) is 3. The molecule has 2 aromatic rings. The first-order valence-electron chi connectivity index (χ1n) is 7.70. The quantitative estimate of drug-likeness (QED) is 0.866. The second-order valence-electron chi connectivity index (χ2n) is 6.07. The third-order valence-electron chi connectivity index (χ3n) is 4.10. The highest BCUT2D eigenvalue weighted by molar-refractivity contribution is 7.92. The van der Waals surface area contributed by atoms with E-state index in [2.05, 4.69) is 10.0 Å². The number of hydrogen-bond donors (Lipinski definition) is 2. The van der Waals surface area contributed by atoms with Crippen LogP contribution in [0.15, 0.2) is 29.2 Å². The predicted octanol–water partition coefficient (Wildman–Crippen LogP) is 3.82. The number of rotatable bonds is 4. The standard InChI is InChI=1S/C18H21FN2O3S/c1-10-8-11(2)13(4)18(12(10)3)25(23,24)21-15-6-7-16(19)17(9-15)20-14(5)22/h6-9,21H,1-5H3,(H,20,22). The van der Waals surface area contributed by atoms with Crippen molar-refractivity contribution in [1.82, 2.24) is 0 Å². The molecule has 0 aromatic heterocycles. The summed E-state index contributed by atoms with van der Waals surface area (Å²) in [7, 11) is -3.86. The topological polar surface area (TPSA) is 75.3 Å². The van der Waals surface area contributed by atoms with E-state index in [1.54, 1.807) is 13.8 Å². The zero-order valence-corrected chi connectivity index (χ0v) is 15.6. The van der Waals surface area contributed by atoms with E-state index in [0.29, 0.717) is 11.1 Å². The molecule has 5 nitrogen and oxygen atoms in total. The van der Waals surface area contributed by atoms with Crippen LogP contribution in [0, 0.1) is 33.5 Å². The first-order valence-corrected chi connectivity index (χ1v) is 9.18. The third kappa shape index (κ3) is 3.99. The molecule has 0 radical (unpaired) electrons. The molecule has 0 aliphatic rings. The molecule has 2 N–H and O–H groups in total. The van der Waals surface area contributed by atoms with Gasteiger partial charge in [0, 0.05) is 6.92 Å². The Hall–Kier alpha value is -2.41. The summed E-state index contributed by atoms with van der Waals surface area (Å²) in [6, 6.07) is 5.61. The predicted molar refractivity (Wildman–Crippen MR) is 96.9 cm³/mol. The molecule has 0 heterocycles. The zero-order valence-electron chi connectivity index (χ0n) is 14.8. The van der Waals surface area contributed by atoms with Gasteiger partial charge in [-0.05, 0) is 68.1 Å². The van der Waals surface area contributed by atoms with Gasteiger partial charge in [0.15, 0.2) is 0 Å². The van der Waals surface area contributed by atoms with Crippen LogP contribution in [0.4, 0.5) is 15.8 Å². The smallest absolute Gasteiger partial charge is 0.262 e. The van der Waals surface area contributed by atoms with Gasteiger partial charge in [0.25, 0.3) is 10.0 Å². The Balaban J connectivity index is 2.49. The fourth-order valence-corrected chi connectivity index (χ4v) is 4.33. The summed E-state index contributed by atoms with van der Waals surface area (Å²) in [5.74, 6) is -1.09. The van der Waals surface area contributed by atoms with E-state index in [4.69, 9.17) is 0 Å². The summed E-state index contributed by atoms with van der Waals surface area (Å²) in [4.78, 5) is 11.3. The monoisotopic (exact) mass is 364 g/mol. The maximum Gasteiger partial charge on any atom is 0.262 e. The minimum absolute atomic E-state index is 0.0819. The van der Waals surface area contributed by atoms with Crippen molar-refractivity contribution in [2.24, 2.45) is 0 Å². The summed E-state index contributed by atoms with van der Waals surface area (Å²) in [6.45, 7) is 8.47. The molecule has 0 saturated heterocycles. The molecular formula is C18H21FN2O3S. The molecule has 2 aromatic carbocycles. The van der Waals surface area contributed by atoms with Crippen LogP contribution in [-0.4, -0.2) is 14.3 Å². The summed E-state index contributed by atoms with van der Waals surface area (Å²) in [5, 5.41) is 2.33. The second kappa shape index (κ2) is 6.84. The lowest BCUT2D eigenvalue weighted by Gasteiger charge is -2.17. The van der Waals surface area contributed by atoms with E-state index in [9.17, 15) is 17.6 Å².